The summed E-state index contributed by atoms with van der Waals surface area (Å²) in [6.45, 7) is 3.58. The van der Waals surface area contributed by atoms with E-state index in [1.807, 2.05) is 12.3 Å². The van der Waals surface area contributed by atoms with Gasteiger partial charge in [-0.15, -0.1) is 0 Å². The number of hydrogen-bond acceptors (Lipinski definition) is 3. The van der Waals surface area contributed by atoms with E-state index in [1.165, 1.54) is 50.8 Å². The summed E-state index contributed by atoms with van der Waals surface area (Å²) in [6.07, 6.45) is 9.14. The van der Waals surface area contributed by atoms with Crippen molar-refractivity contribution in [2.45, 2.75) is 38.6 Å². The van der Waals surface area contributed by atoms with Crippen LogP contribution in [-0.2, 0) is 6.54 Å². The van der Waals surface area contributed by atoms with Gasteiger partial charge in [0.2, 0.25) is 0 Å². The zero-order valence-electron chi connectivity index (χ0n) is 11.0. The number of hydrogen-bond donors (Lipinski definition) is 1. The van der Waals surface area contributed by atoms with Gasteiger partial charge in [0.25, 0.3) is 0 Å². The van der Waals surface area contributed by atoms with Crippen LogP contribution in [-0.4, -0.2) is 23.0 Å². The number of nitrogens with zero attached hydrogens (tertiary/aromatic N) is 2. The number of pyridine rings is 1. The van der Waals surface area contributed by atoms with Crippen molar-refractivity contribution < 1.29 is 0 Å². The monoisotopic (exact) mass is 245 g/mol. The molecule has 0 aromatic carbocycles. The normalized spacial score (nSPS) is 28.9. The maximum absolute atomic E-state index is 5.62. The summed E-state index contributed by atoms with van der Waals surface area (Å²) in [5.74, 6) is 2.58. The van der Waals surface area contributed by atoms with Crippen LogP contribution in [0.5, 0.6) is 0 Å². The molecule has 1 saturated carbocycles. The second kappa shape index (κ2) is 5.27. The molecule has 1 aromatic heterocycles. The van der Waals surface area contributed by atoms with Gasteiger partial charge in [-0.05, 0) is 42.9 Å². The lowest BCUT2D eigenvalue weighted by molar-refractivity contribution is 0.0820. The van der Waals surface area contributed by atoms with E-state index in [0.29, 0.717) is 5.82 Å². The minimum atomic E-state index is 0.615. The lowest BCUT2D eigenvalue weighted by atomic mass is 9.75. The zero-order valence-corrected chi connectivity index (χ0v) is 11.0. The average Bonchev–Trinajstić information content (AvgIpc) is 2.41. The van der Waals surface area contributed by atoms with Gasteiger partial charge in [0.05, 0.1) is 0 Å². The van der Waals surface area contributed by atoms with Crippen LogP contribution in [0.4, 0.5) is 5.82 Å². The topological polar surface area (TPSA) is 42.1 Å². The molecule has 0 radical (unpaired) electrons. The third-order valence-electron chi connectivity index (χ3n) is 4.63. The number of piperidine rings is 1. The van der Waals surface area contributed by atoms with Gasteiger partial charge in [-0.2, -0.15) is 0 Å². The molecule has 3 nitrogen and oxygen atoms in total. The molecule has 2 unspecified atom stereocenters. The Labute approximate surface area is 109 Å². The van der Waals surface area contributed by atoms with Crippen LogP contribution in [0.25, 0.3) is 0 Å². The molecule has 1 saturated heterocycles. The molecular formula is C15H23N3. The molecule has 0 spiro atoms. The number of fused-ring (bicyclic) bond motifs is 1. The predicted molar refractivity (Wildman–Crippen MR) is 74.0 cm³/mol. The molecular weight excluding hydrogens is 222 g/mol. The number of nitrogen functional groups attached to an aromatic ring is 1. The zero-order chi connectivity index (χ0) is 12.4. The number of anilines is 1. The first-order valence-corrected chi connectivity index (χ1v) is 7.24. The van der Waals surface area contributed by atoms with Gasteiger partial charge in [-0.1, -0.05) is 25.3 Å². The molecule has 0 bridgehead atoms. The second-order valence-corrected chi connectivity index (χ2v) is 5.92. The van der Waals surface area contributed by atoms with Gasteiger partial charge in [-0.25, -0.2) is 4.98 Å². The van der Waals surface area contributed by atoms with Crippen molar-refractivity contribution in [1.29, 1.82) is 0 Å². The van der Waals surface area contributed by atoms with Crippen LogP contribution < -0.4 is 5.73 Å². The third kappa shape index (κ3) is 2.66. The summed E-state index contributed by atoms with van der Waals surface area (Å²) in [6, 6.07) is 4.01. The second-order valence-electron chi connectivity index (χ2n) is 5.92. The summed E-state index contributed by atoms with van der Waals surface area (Å²) in [5, 5.41) is 0. The van der Waals surface area contributed by atoms with Crippen molar-refractivity contribution in [2.75, 3.05) is 18.8 Å². The average molecular weight is 245 g/mol. The molecule has 3 heteroatoms. The van der Waals surface area contributed by atoms with Gasteiger partial charge >= 0.3 is 0 Å². The Morgan fingerprint density at radius 2 is 2.00 bits per heavy atom. The summed E-state index contributed by atoms with van der Waals surface area (Å²) < 4.78 is 0. The fraction of sp³-hybridized carbons (Fsp3) is 0.667. The molecule has 0 amide bonds. The Bertz CT molecular complexity index is 387. The molecule has 2 heterocycles. The highest BCUT2D eigenvalue weighted by molar-refractivity contribution is 5.29. The van der Waals surface area contributed by atoms with Gasteiger partial charge < -0.3 is 5.73 Å². The first-order valence-electron chi connectivity index (χ1n) is 7.24. The summed E-state index contributed by atoms with van der Waals surface area (Å²) in [4.78, 5) is 6.77. The van der Waals surface area contributed by atoms with E-state index in [0.717, 1.165) is 18.4 Å². The van der Waals surface area contributed by atoms with E-state index < -0.39 is 0 Å². The molecule has 2 aliphatic rings. The number of aromatic nitrogens is 1. The first kappa shape index (κ1) is 12.0. The summed E-state index contributed by atoms with van der Waals surface area (Å²) in [5.41, 5.74) is 6.91. The Hall–Kier alpha value is -1.09. The Kier molecular flexibility index (Phi) is 3.50. The van der Waals surface area contributed by atoms with E-state index in [4.69, 9.17) is 5.73 Å². The van der Waals surface area contributed by atoms with E-state index in [2.05, 4.69) is 16.0 Å². The smallest absolute Gasteiger partial charge is 0.123 e. The number of likely N-dealkylation sites (tertiary alicyclic amines) is 1. The van der Waals surface area contributed by atoms with Crippen molar-refractivity contribution >= 4 is 5.82 Å². The fourth-order valence-electron chi connectivity index (χ4n) is 3.61. The summed E-state index contributed by atoms with van der Waals surface area (Å²) >= 11 is 0. The van der Waals surface area contributed by atoms with Crippen LogP contribution in [0.1, 0.15) is 37.7 Å². The molecule has 98 valence electrons. The highest BCUT2D eigenvalue weighted by Crippen LogP contribution is 2.36. The van der Waals surface area contributed by atoms with Crippen molar-refractivity contribution in [1.82, 2.24) is 9.88 Å². The molecule has 18 heavy (non-hydrogen) atoms. The third-order valence-corrected chi connectivity index (χ3v) is 4.63. The lowest BCUT2D eigenvalue weighted by Crippen LogP contribution is -2.41. The largest absolute Gasteiger partial charge is 0.384 e. The predicted octanol–water partition coefficient (Wildman–Crippen LogP) is 2.68. The van der Waals surface area contributed by atoms with Gasteiger partial charge in [0, 0.05) is 19.3 Å². The van der Waals surface area contributed by atoms with Crippen LogP contribution in [0, 0.1) is 11.8 Å². The number of nitrogens with two attached hydrogens (primary N) is 1. The van der Waals surface area contributed by atoms with Crippen LogP contribution in [0.3, 0.4) is 0 Å². The Morgan fingerprint density at radius 3 is 2.78 bits per heavy atom. The molecule has 2 atom stereocenters. The van der Waals surface area contributed by atoms with E-state index in [9.17, 15) is 0 Å². The molecule has 1 aliphatic heterocycles. The van der Waals surface area contributed by atoms with Crippen molar-refractivity contribution in [3.63, 3.8) is 0 Å². The highest BCUT2D eigenvalue weighted by Gasteiger charge is 2.30. The Morgan fingerprint density at radius 1 is 1.17 bits per heavy atom. The first-order chi connectivity index (χ1) is 8.81. The SMILES string of the molecule is Nc1ccc(CN2CCC3CCCCC3C2)cn1. The standard InChI is InChI=1S/C15H23N3/c16-15-6-5-12(9-17-15)10-18-8-7-13-3-1-2-4-14(13)11-18/h5-6,9,13-14H,1-4,7-8,10-11H2,(H2,16,17). The molecule has 1 aliphatic carbocycles. The maximum Gasteiger partial charge on any atom is 0.123 e. The van der Waals surface area contributed by atoms with E-state index in [1.54, 1.807) is 0 Å². The molecule has 1 aromatic rings. The minimum absolute atomic E-state index is 0.615. The Balaban J connectivity index is 1.59. The van der Waals surface area contributed by atoms with Gasteiger partial charge in [0.1, 0.15) is 5.82 Å². The van der Waals surface area contributed by atoms with E-state index in [-0.39, 0.29) is 0 Å². The van der Waals surface area contributed by atoms with Crippen LogP contribution in [0.2, 0.25) is 0 Å². The lowest BCUT2D eigenvalue weighted by Gasteiger charge is -2.41. The van der Waals surface area contributed by atoms with Crippen LogP contribution >= 0.6 is 0 Å². The van der Waals surface area contributed by atoms with Crippen molar-refractivity contribution in [2.24, 2.45) is 11.8 Å². The molecule has 3 rings (SSSR count). The van der Waals surface area contributed by atoms with Crippen LogP contribution in [0.15, 0.2) is 18.3 Å². The van der Waals surface area contributed by atoms with Gasteiger partial charge in [0.15, 0.2) is 0 Å². The molecule has 2 fully saturated rings. The van der Waals surface area contributed by atoms with E-state index >= 15 is 0 Å². The van der Waals surface area contributed by atoms with Crippen molar-refractivity contribution in [3.8, 4) is 0 Å². The summed E-state index contributed by atoms with van der Waals surface area (Å²) in [7, 11) is 0. The van der Waals surface area contributed by atoms with Crippen molar-refractivity contribution in [3.05, 3.63) is 23.9 Å². The van der Waals surface area contributed by atoms with Gasteiger partial charge in [-0.3, -0.25) is 4.90 Å². The quantitative estimate of drug-likeness (QED) is 0.871. The molecule has 2 N–H and O–H groups in total. The highest BCUT2D eigenvalue weighted by atomic mass is 15.1. The fourth-order valence-corrected chi connectivity index (χ4v) is 3.61. The maximum atomic E-state index is 5.62. The number of rotatable bonds is 2. The minimum Gasteiger partial charge on any atom is -0.384 e.